The molecule has 10 heteroatoms. The molecule has 3 rings (SSSR count). The number of carbonyl (C=O) groups is 2. The molecule has 3 aromatic carbocycles. The molecule has 0 heterocycles. The summed E-state index contributed by atoms with van der Waals surface area (Å²) in [5.41, 5.74) is 2.86. The van der Waals surface area contributed by atoms with E-state index in [9.17, 15) is 18.0 Å². The first-order chi connectivity index (χ1) is 19.9. The number of nitrogens with zero attached hydrogens (tertiary/aromatic N) is 2. The zero-order valence-electron chi connectivity index (χ0n) is 24.5. The van der Waals surface area contributed by atoms with Crippen LogP contribution in [0.2, 0.25) is 10.0 Å². The highest BCUT2D eigenvalue weighted by molar-refractivity contribution is 7.92. The minimum Gasteiger partial charge on any atom is -0.354 e. The number of sulfonamides is 1. The maximum Gasteiger partial charge on any atom is 0.244 e. The second kappa shape index (κ2) is 15.4. The number of benzene rings is 3. The summed E-state index contributed by atoms with van der Waals surface area (Å²) in [5, 5.41) is 3.74. The topological polar surface area (TPSA) is 86.8 Å². The molecular weight excluding hydrogens is 593 g/mol. The molecule has 3 aromatic rings. The van der Waals surface area contributed by atoms with Crippen LogP contribution in [0.4, 0.5) is 5.69 Å². The number of unbranched alkanes of at least 4 members (excludes halogenated alkanes) is 1. The number of rotatable bonds is 14. The Morgan fingerprint density at radius 3 is 2.19 bits per heavy atom. The molecule has 0 fully saturated rings. The Labute approximate surface area is 259 Å². The quantitative estimate of drug-likeness (QED) is 0.207. The largest absolute Gasteiger partial charge is 0.354 e. The third kappa shape index (κ3) is 9.48. The standard InChI is InChI=1S/C32H39Cl2N3O4S/c1-5-6-18-35-32(39)30(19-24-10-8-7-9-11-24)36(21-26-12-15-27(33)20-29(26)34)31(38)22-37(42(4,40)41)28-16-13-25(14-17-28)23(2)3/h7-17,20,23,30H,5-6,18-19,21-22H2,1-4H3,(H,35,39)/t30-/m1/s1. The van der Waals surface area contributed by atoms with Gasteiger partial charge in [0.2, 0.25) is 21.8 Å². The van der Waals surface area contributed by atoms with Crippen molar-refractivity contribution in [3.8, 4) is 0 Å². The zero-order chi connectivity index (χ0) is 30.9. The van der Waals surface area contributed by atoms with Crippen LogP contribution < -0.4 is 9.62 Å². The van der Waals surface area contributed by atoms with Crippen molar-refractivity contribution >= 4 is 50.7 Å². The van der Waals surface area contributed by atoms with E-state index in [-0.39, 0.29) is 24.8 Å². The number of halogens is 2. The Balaban J connectivity index is 2.05. The smallest absolute Gasteiger partial charge is 0.244 e. The minimum atomic E-state index is -3.85. The maximum absolute atomic E-state index is 14.2. The van der Waals surface area contributed by atoms with Crippen molar-refractivity contribution < 1.29 is 18.0 Å². The van der Waals surface area contributed by atoms with E-state index in [1.165, 1.54) is 4.90 Å². The first-order valence-electron chi connectivity index (χ1n) is 14.0. The third-order valence-corrected chi connectivity index (χ3v) is 8.71. The molecule has 0 saturated heterocycles. The van der Waals surface area contributed by atoms with E-state index in [1.807, 2.05) is 63.2 Å². The second-order valence-electron chi connectivity index (χ2n) is 10.6. The average molecular weight is 633 g/mol. The Kier molecular flexibility index (Phi) is 12.3. The number of hydrogen-bond donors (Lipinski definition) is 1. The summed E-state index contributed by atoms with van der Waals surface area (Å²) in [6.07, 6.45) is 2.98. The molecule has 1 atom stereocenters. The number of carbonyl (C=O) groups excluding carboxylic acids is 2. The minimum absolute atomic E-state index is 0.0164. The summed E-state index contributed by atoms with van der Waals surface area (Å²) >= 11 is 12.6. The summed E-state index contributed by atoms with van der Waals surface area (Å²) in [6.45, 7) is 6.08. The molecule has 42 heavy (non-hydrogen) atoms. The summed E-state index contributed by atoms with van der Waals surface area (Å²) < 4.78 is 27.0. The normalized spacial score (nSPS) is 12.2. The molecule has 0 aliphatic rings. The van der Waals surface area contributed by atoms with Crippen molar-refractivity contribution in [2.75, 3.05) is 23.7 Å². The fraction of sp³-hybridized carbons (Fsp3) is 0.375. The Morgan fingerprint density at radius 2 is 1.62 bits per heavy atom. The number of anilines is 1. The molecule has 0 aliphatic carbocycles. The monoisotopic (exact) mass is 631 g/mol. The van der Waals surface area contributed by atoms with Crippen molar-refractivity contribution in [3.05, 3.63) is 99.5 Å². The van der Waals surface area contributed by atoms with Gasteiger partial charge in [-0.05, 0) is 53.3 Å². The molecule has 0 spiro atoms. The van der Waals surface area contributed by atoms with Crippen LogP contribution in [0.1, 0.15) is 56.2 Å². The molecule has 0 aromatic heterocycles. The van der Waals surface area contributed by atoms with Gasteiger partial charge in [0, 0.05) is 29.6 Å². The van der Waals surface area contributed by atoms with Crippen LogP contribution in [0.3, 0.4) is 0 Å². The van der Waals surface area contributed by atoms with Gasteiger partial charge in [0.1, 0.15) is 12.6 Å². The molecule has 0 saturated carbocycles. The highest BCUT2D eigenvalue weighted by Crippen LogP contribution is 2.26. The lowest BCUT2D eigenvalue weighted by atomic mass is 10.0. The SMILES string of the molecule is CCCCNC(=O)[C@@H](Cc1ccccc1)N(Cc1ccc(Cl)cc1Cl)C(=O)CN(c1ccc(C(C)C)cc1)S(C)(=O)=O. The first-order valence-corrected chi connectivity index (χ1v) is 16.6. The molecule has 7 nitrogen and oxygen atoms in total. The van der Waals surface area contributed by atoms with Crippen LogP contribution in [-0.2, 0) is 32.6 Å². The maximum atomic E-state index is 14.2. The van der Waals surface area contributed by atoms with Crippen LogP contribution in [0.25, 0.3) is 0 Å². The zero-order valence-corrected chi connectivity index (χ0v) is 26.8. The van der Waals surface area contributed by atoms with Gasteiger partial charge in [-0.15, -0.1) is 0 Å². The summed E-state index contributed by atoms with van der Waals surface area (Å²) in [4.78, 5) is 29.2. The van der Waals surface area contributed by atoms with Gasteiger partial charge in [-0.1, -0.05) is 98.9 Å². The lowest BCUT2D eigenvalue weighted by molar-refractivity contribution is -0.140. The van der Waals surface area contributed by atoms with E-state index in [0.717, 1.165) is 34.5 Å². The highest BCUT2D eigenvalue weighted by atomic mass is 35.5. The molecule has 0 unspecified atom stereocenters. The van der Waals surface area contributed by atoms with Gasteiger partial charge < -0.3 is 10.2 Å². The lowest BCUT2D eigenvalue weighted by Gasteiger charge is -2.33. The van der Waals surface area contributed by atoms with Crippen LogP contribution in [0, 0.1) is 0 Å². The number of nitrogens with one attached hydrogen (secondary N) is 1. The van der Waals surface area contributed by atoms with Crippen LogP contribution in [0.15, 0.2) is 72.8 Å². The van der Waals surface area contributed by atoms with Crippen molar-refractivity contribution in [1.82, 2.24) is 10.2 Å². The van der Waals surface area contributed by atoms with Crippen molar-refractivity contribution in [2.24, 2.45) is 0 Å². The van der Waals surface area contributed by atoms with E-state index < -0.39 is 28.5 Å². The molecule has 1 N–H and O–H groups in total. The summed E-state index contributed by atoms with van der Waals surface area (Å²) in [5.74, 6) is -0.596. The van der Waals surface area contributed by atoms with Gasteiger partial charge in [0.25, 0.3) is 0 Å². The molecule has 0 bridgehead atoms. The van der Waals surface area contributed by atoms with Gasteiger partial charge in [-0.3, -0.25) is 13.9 Å². The number of hydrogen-bond acceptors (Lipinski definition) is 4. The van der Waals surface area contributed by atoms with E-state index in [4.69, 9.17) is 23.2 Å². The average Bonchev–Trinajstić information content (AvgIpc) is 2.94. The van der Waals surface area contributed by atoms with Gasteiger partial charge in [0.05, 0.1) is 11.9 Å². The van der Waals surface area contributed by atoms with Crippen LogP contribution in [0.5, 0.6) is 0 Å². The lowest BCUT2D eigenvalue weighted by Crippen LogP contribution is -2.53. The second-order valence-corrected chi connectivity index (χ2v) is 13.4. The number of amides is 2. The van der Waals surface area contributed by atoms with Crippen LogP contribution >= 0.6 is 23.2 Å². The van der Waals surface area contributed by atoms with Gasteiger partial charge in [0.15, 0.2) is 0 Å². The van der Waals surface area contributed by atoms with Gasteiger partial charge in [-0.2, -0.15) is 0 Å². The van der Waals surface area contributed by atoms with Gasteiger partial charge >= 0.3 is 0 Å². The predicted molar refractivity (Wildman–Crippen MR) is 172 cm³/mol. The van der Waals surface area contributed by atoms with E-state index in [2.05, 4.69) is 5.32 Å². The molecule has 2 amide bonds. The van der Waals surface area contributed by atoms with Crippen molar-refractivity contribution in [1.29, 1.82) is 0 Å². The Morgan fingerprint density at radius 1 is 0.952 bits per heavy atom. The summed E-state index contributed by atoms with van der Waals surface area (Å²) in [7, 11) is -3.85. The Bertz CT molecular complexity index is 1450. The molecule has 0 aliphatic heterocycles. The fourth-order valence-corrected chi connectivity index (χ4v) is 5.85. The van der Waals surface area contributed by atoms with Crippen LogP contribution in [-0.4, -0.2) is 50.5 Å². The molecular formula is C32H39Cl2N3O4S. The van der Waals surface area contributed by atoms with Gasteiger partial charge in [-0.25, -0.2) is 8.42 Å². The van der Waals surface area contributed by atoms with E-state index in [0.29, 0.717) is 27.8 Å². The predicted octanol–water partition coefficient (Wildman–Crippen LogP) is 6.44. The Hall–Kier alpha value is -3.07. The summed E-state index contributed by atoms with van der Waals surface area (Å²) in [6, 6.07) is 20.5. The van der Waals surface area contributed by atoms with Crippen molar-refractivity contribution in [2.45, 2.75) is 58.5 Å². The van der Waals surface area contributed by atoms with Crippen molar-refractivity contribution in [3.63, 3.8) is 0 Å². The molecule has 226 valence electrons. The van der Waals surface area contributed by atoms with E-state index in [1.54, 1.807) is 30.3 Å². The fourth-order valence-electron chi connectivity index (χ4n) is 4.53. The first kappa shape index (κ1) is 33.4. The third-order valence-electron chi connectivity index (χ3n) is 6.98. The van der Waals surface area contributed by atoms with E-state index >= 15 is 0 Å². The highest BCUT2D eigenvalue weighted by Gasteiger charge is 2.33. The molecule has 0 radical (unpaired) electrons.